The van der Waals surface area contributed by atoms with Crippen LogP contribution < -0.4 is 21.3 Å². The van der Waals surface area contributed by atoms with Crippen LogP contribution in [0.5, 0.6) is 0 Å². The van der Waals surface area contributed by atoms with E-state index < -0.39 is 5.91 Å². The first-order chi connectivity index (χ1) is 12.1. The summed E-state index contributed by atoms with van der Waals surface area (Å²) < 4.78 is 0. The van der Waals surface area contributed by atoms with E-state index in [1.165, 1.54) is 0 Å². The first-order valence-electron chi connectivity index (χ1n) is 8.42. The van der Waals surface area contributed by atoms with Crippen LogP contribution >= 0.6 is 0 Å². The molecule has 2 aromatic rings. The van der Waals surface area contributed by atoms with E-state index in [9.17, 15) is 4.79 Å². The highest BCUT2D eigenvalue weighted by Gasteiger charge is 2.23. The second-order valence-corrected chi connectivity index (χ2v) is 6.05. The molecule has 1 aromatic heterocycles. The van der Waals surface area contributed by atoms with E-state index in [1.807, 2.05) is 18.2 Å². The van der Waals surface area contributed by atoms with Gasteiger partial charge in [0.25, 0.3) is 5.91 Å². The van der Waals surface area contributed by atoms with Crippen LogP contribution in [-0.4, -0.2) is 30.0 Å². The van der Waals surface area contributed by atoms with Gasteiger partial charge in [-0.1, -0.05) is 24.8 Å². The van der Waals surface area contributed by atoms with Crippen LogP contribution in [0.4, 0.5) is 11.4 Å². The minimum atomic E-state index is -0.536. The Morgan fingerprint density at radius 1 is 1.20 bits per heavy atom. The summed E-state index contributed by atoms with van der Waals surface area (Å²) in [7, 11) is 0. The molecule has 0 bridgehead atoms. The number of aromatic nitrogens is 1. The van der Waals surface area contributed by atoms with Crippen LogP contribution in [0, 0.1) is 0 Å². The molecule has 1 amide bonds. The number of pyridine rings is 1. The van der Waals surface area contributed by atoms with E-state index in [0.717, 1.165) is 43.1 Å². The Balaban J connectivity index is 1.80. The lowest BCUT2D eigenvalue weighted by molar-refractivity contribution is 0.0995. The number of carbonyl (C=O) groups is 1. The summed E-state index contributed by atoms with van der Waals surface area (Å²) >= 11 is 0. The average Bonchev–Trinajstić information content (AvgIpc) is 2.64. The number of carbonyl (C=O) groups excluding carboxylic acids is 1. The molecule has 2 heterocycles. The number of anilines is 2. The number of benzene rings is 1. The minimum Gasteiger partial charge on any atom is -0.364 e. The summed E-state index contributed by atoms with van der Waals surface area (Å²) in [5.41, 5.74) is 7.35. The van der Waals surface area contributed by atoms with Gasteiger partial charge in [-0.05, 0) is 50.2 Å². The van der Waals surface area contributed by atoms with Crippen molar-refractivity contribution in [1.29, 1.82) is 0 Å². The van der Waals surface area contributed by atoms with Crippen LogP contribution in [-0.2, 0) is 0 Å². The molecule has 3 rings (SSSR count). The summed E-state index contributed by atoms with van der Waals surface area (Å²) in [4.78, 5) is 17.4. The molecule has 0 radical (unpaired) electrons. The molecule has 130 valence electrons. The van der Waals surface area contributed by atoms with Gasteiger partial charge in [-0.25, -0.2) is 4.98 Å². The third kappa shape index (κ3) is 4.16. The summed E-state index contributed by atoms with van der Waals surface area (Å²) in [5.74, 6) is 0.248. The molecule has 1 aliphatic rings. The Hall–Kier alpha value is -2.86. The number of hydrogen-bond acceptors (Lipinski definition) is 5. The molecule has 1 saturated heterocycles. The van der Waals surface area contributed by atoms with E-state index in [2.05, 4.69) is 39.2 Å². The first kappa shape index (κ1) is 17.0. The van der Waals surface area contributed by atoms with Gasteiger partial charge in [0.2, 0.25) is 0 Å². The fourth-order valence-electron chi connectivity index (χ4n) is 3.08. The Labute approximate surface area is 147 Å². The number of para-hydroxylation sites is 1. The first-order valence-corrected chi connectivity index (χ1v) is 8.42. The van der Waals surface area contributed by atoms with Crippen LogP contribution in [0.2, 0.25) is 0 Å². The molecule has 0 aliphatic carbocycles. The molecule has 6 heteroatoms. The van der Waals surface area contributed by atoms with Gasteiger partial charge in [0, 0.05) is 11.7 Å². The lowest BCUT2D eigenvalue weighted by Crippen LogP contribution is -2.44. The van der Waals surface area contributed by atoms with Gasteiger partial charge in [-0.3, -0.25) is 4.79 Å². The molecule has 6 nitrogen and oxygen atoms in total. The smallest absolute Gasteiger partial charge is 0.267 e. The molecular formula is C19H23N5O. The number of nitrogens with one attached hydrogen (secondary N) is 2. The Bertz CT molecular complexity index is 723. The predicted octanol–water partition coefficient (Wildman–Crippen LogP) is 2.32. The van der Waals surface area contributed by atoms with Crippen molar-refractivity contribution in [1.82, 2.24) is 10.3 Å². The van der Waals surface area contributed by atoms with Crippen molar-refractivity contribution in [3.63, 3.8) is 0 Å². The summed E-state index contributed by atoms with van der Waals surface area (Å²) in [6.07, 6.45) is 3.69. The molecular weight excluding hydrogens is 314 g/mol. The summed E-state index contributed by atoms with van der Waals surface area (Å²) in [5, 5.41) is 6.70. The molecule has 4 N–H and O–H groups in total. The summed E-state index contributed by atoms with van der Waals surface area (Å²) in [6.45, 7) is 6.23. The highest BCUT2D eigenvalue weighted by Crippen LogP contribution is 2.26. The molecule has 1 aromatic carbocycles. The molecule has 0 saturated carbocycles. The lowest BCUT2D eigenvalue weighted by Gasteiger charge is -2.37. The van der Waals surface area contributed by atoms with Crippen molar-refractivity contribution in [2.24, 2.45) is 5.73 Å². The maximum absolute atomic E-state index is 11.1. The number of primary amides is 1. The van der Waals surface area contributed by atoms with E-state index >= 15 is 0 Å². The van der Waals surface area contributed by atoms with Gasteiger partial charge in [0.15, 0.2) is 0 Å². The van der Waals surface area contributed by atoms with Gasteiger partial charge in [-0.2, -0.15) is 0 Å². The van der Waals surface area contributed by atoms with Crippen molar-refractivity contribution in [3.05, 3.63) is 66.8 Å². The quantitative estimate of drug-likeness (QED) is 0.753. The third-order valence-electron chi connectivity index (χ3n) is 4.30. The maximum Gasteiger partial charge on any atom is 0.267 e. The second kappa shape index (κ2) is 7.81. The van der Waals surface area contributed by atoms with Gasteiger partial charge >= 0.3 is 0 Å². The van der Waals surface area contributed by atoms with Crippen molar-refractivity contribution >= 4 is 17.3 Å². The van der Waals surface area contributed by atoms with Gasteiger partial charge in [-0.15, -0.1) is 0 Å². The molecule has 0 atom stereocenters. The molecule has 1 aliphatic heterocycles. The number of amides is 1. The Kier molecular flexibility index (Phi) is 5.30. The number of piperidine rings is 1. The molecule has 0 unspecified atom stereocenters. The largest absolute Gasteiger partial charge is 0.364 e. The maximum atomic E-state index is 11.1. The Morgan fingerprint density at radius 3 is 2.52 bits per heavy atom. The number of nitrogens with zero attached hydrogens (tertiary/aromatic N) is 2. The summed E-state index contributed by atoms with van der Waals surface area (Å²) in [6, 6.07) is 14.0. The standard InChI is InChI=1S/C19H23N5O/c1-14(23-15-7-8-18(19(20)25)22-13-15)24(16-5-3-2-4-6-16)17-9-11-21-12-10-17/h2-8,13,17,21,23H,1,9-12H2,(H2,20,25). The SMILES string of the molecule is C=C(Nc1ccc(C(N)=O)nc1)N(c1ccccc1)C1CCNCC1. The number of rotatable bonds is 6. The van der Waals surface area contributed by atoms with Crippen molar-refractivity contribution < 1.29 is 4.79 Å². The van der Waals surface area contributed by atoms with Crippen LogP contribution in [0.25, 0.3) is 0 Å². The van der Waals surface area contributed by atoms with Gasteiger partial charge < -0.3 is 21.3 Å². The van der Waals surface area contributed by atoms with Crippen molar-refractivity contribution in [3.8, 4) is 0 Å². The molecule has 1 fully saturated rings. The fraction of sp³-hybridized carbons (Fsp3) is 0.263. The van der Waals surface area contributed by atoms with E-state index in [0.29, 0.717) is 6.04 Å². The van der Waals surface area contributed by atoms with Crippen molar-refractivity contribution in [2.45, 2.75) is 18.9 Å². The highest BCUT2D eigenvalue weighted by molar-refractivity contribution is 5.90. The van der Waals surface area contributed by atoms with Crippen LogP contribution in [0.1, 0.15) is 23.3 Å². The Morgan fingerprint density at radius 2 is 1.92 bits per heavy atom. The second-order valence-electron chi connectivity index (χ2n) is 6.05. The topological polar surface area (TPSA) is 83.3 Å². The van der Waals surface area contributed by atoms with E-state index in [1.54, 1.807) is 18.3 Å². The zero-order valence-electron chi connectivity index (χ0n) is 14.1. The van der Waals surface area contributed by atoms with Crippen LogP contribution in [0.3, 0.4) is 0 Å². The zero-order valence-corrected chi connectivity index (χ0v) is 14.1. The number of hydrogen-bond donors (Lipinski definition) is 3. The number of nitrogens with two attached hydrogens (primary N) is 1. The van der Waals surface area contributed by atoms with Crippen LogP contribution in [0.15, 0.2) is 61.1 Å². The average molecular weight is 337 g/mol. The highest BCUT2D eigenvalue weighted by atomic mass is 16.1. The van der Waals surface area contributed by atoms with Crippen molar-refractivity contribution in [2.75, 3.05) is 23.3 Å². The van der Waals surface area contributed by atoms with Gasteiger partial charge in [0.1, 0.15) is 11.5 Å². The lowest BCUT2D eigenvalue weighted by atomic mass is 10.0. The minimum absolute atomic E-state index is 0.245. The van der Waals surface area contributed by atoms with E-state index in [4.69, 9.17) is 5.73 Å². The molecule has 25 heavy (non-hydrogen) atoms. The monoisotopic (exact) mass is 337 g/mol. The zero-order chi connectivity index (χ0) is 17.6. The van der Waals surface area contributed by atoms with E-state index in [-0.39, 0.29) is 5.69 Å². The third-order valence-corrected chi connectivity index (χ3v) is 4.30. The normalized spacial score (nSPS) is 14.7. The predicted molar refractivity (Wildman–Crippen MR) is 100 cm³/mol. The van der Waals surface area contributed by atoms with Gasteiger partial charge in [0.05, 0.1) is 11.9 Å². The fourth-order valence-corrected chi connectivity index (χ4v) is 3.08. The molecule has 0 spiro atoms.